The van der Waals surface area contributed by atoms with Crippen LogP contribution in [0.1, 0.15) is 29.8 Å². The van der Waals surface area contributed by atoms with Crippen LogP contribution in [0, 0.1) is 0 Å². The van der Waals surface area contributed by atoms with Crippen molar-refractivity contribution in [2.75, 3.05) is 26.6 Å². The molecule has 2 rings (SSSR count). The van der Waals surface area contributed by atoms with E-state index < -0.39 is 0 Å². The van der Waals surface area contributed by atoms with Gasteiger partial charge >= 0.3 is 0 Å². The molecule has 0 bridgehead atoms. The number of nitrogen functional groups attached to an aromatic ring is 1. The van der Waals surface area contributed by atoms with E-state index >= 15 is 0 Å². The zero-order chi connectivity index (χ0) is 18.4. The average Bonchev–Trinajstić information content (AvgIpc) is 2.63. The van der Waals surface area contributed by atoms with E-state index in [0.717, 1.165) is 5.56 Å². The lowest BCUT2D eigenvalue weighted by Crippen LogP contribution is -2.04. The van der Waals surface area contributed by atoms with Crippen molar-refractivity contribution >= 4 is 17.5 Å². The smallest absolute Gasteiger partial charge is 0.188 e. The van der Waals surface area contributed by atoms with Gasteiger partial charge in [-0.15, -0.1) is 0 Å². The summed E-state index contributed by atoms with van der Waals surface area (Å²) >= 11 is 0. The summed E-state index contributed by atoms with van der Waals surface area (Å²) in [5, 5.41) is 0. The molecule has 0 saturated carbocycles. The summed E-state index contributed by atoms with van der Waals surface area (Å²) in [5.41, 5.74) is 8.23. The molecule has 2 aromatic carbocycles. The first kappa shape index (κ1) is 18.4. The molecule has 0 heterocycles. The fraction of sp³-hybridized carbons (Fsp3) is 0.250. The summed E-state index contributed by atoms with van der Waals surface area (Å²) in [6.45, 7) is 4.11. The third-order valence-corrected chi connectivity index (χ3v) is 3.74. The first-order valence-corrected chi connectivity index (χ1v) is 7.97. The van der Waals surface area contributed by atoms with Crippen LogP contribution in [-0.2, 0) is 0 Å². The molecule has 2 N–H and O–H groups in total. The van der Waals surface area contributed by atoms with Crippen molar-refractivity contribution in [2.24, 2.45) is 0 Å². The van der Waals surface area contributed by atoms with E-state index in [9.17, 15) is 4.79 Å². The standard InChI is InChI=1S/C20H23NO4/c1-5-25-19-12-14(6-8-17(19)21)20(22)13(2)10-15-11-16(23-3)7-9-18(15)24-4/h6-12H,5,21H2,1-4H3. The summed E-state index contributed by atoms with van der Waals surface area (Å²) in [5.74, 6) is 1.77. The van der Waals surface area contributed by atoms with E-state index in [0.29, 0.717) is 40.7 Å². The number of methoxy groups -OCH3 is 2. The molecule has 2 aromatic rings. The summed E-state index contributed by atoms with van der Waals surface area (Å²) < 4.78 is 16.0. The van der Waals surface area contributed by atoms with E-state index in [4.69, 9.17) is 19.9 Å². The summed E-state index contributed by atoms with van der Waals surface area (Å²) in [4.78, 5) is 12.7. The molecule has 0 amide bonds. The van der Waals surface area contributed by atoms with Gasteiger partial charge in [0.25, 0.3) is 0 Å². The number of hydrogen-bond donors (Lipinski definition) is 1. The molecule has 0 aliphatic rings. The largest absolute Gasteiger partial charge is 0.497 e. The van der Waals surface area contributed by atoms with Crippen LogP contribution in [0.15, 0.2) is 42.0 Å². The lowest BCUT2D eigenvalue weighted by molar-refractivity contribution is 0.103. The Morgan fingerprint density at radius 1 is 1.08 bits per heavy atom. The third kappa shape index (κ3) is 4.32. The molecule has 0 saturated heterocycles. The van der Waals surface area contributed by atoms with E-state index in [1.165, 1.54) is 0 Å². The van der Waals surface area contributed by atoms with Gasteiger partial charge in [-0.05, 0) is 61.9 Å². The number of benzene rings is 2. The molecule has 0 unspecified atom stereocenters. The van der Waals surface area contributed by atoms with Gasteiger partial charge in [0.05, 0.1) is 26.5 Å². The molecule has 0 aliphatic heterocycles. The number of hydrogen-bond acceptors (Lipinski definition) is 5. The van der Waals surface area contributed by atoms with E-state index in [1.807, 2.05) is 19.1 Å². The Bertz CT molecular complexity index is 796. The highest BCUT2D eigenvalue weighted by atomic mass is 16.5. The van der Waals surface area contributed by atoms with Gasteiger partial charge in [0, 0.05) is 11.1 Å². The Morgan fingerprint density at radius 3 is 2.48 bits per heavy atom. The molecule has 25 heavy (non-hydrogen) atoms. The SMILES string of the molecule is CCOc1cc(C(=O)C(C)=Cc2cc(OC)ccc2OC)ccc1N. The maximum Gasteiger partial charge on any atom is 0.188 e. The quantitative estimate of drug-likeness (QED) is 0.469. The number of ketones is 1. The number of nitrogens with two attached hydrogens (primary N) is 1. The molecular formula is C20H23NO4. The molecule has 0 aliphatic carbocycles. The Morgan fingerprint density at radius 2 is 1.84 bits per heavy atom. The molecule has 5 nitrogen and oxygen atoms in total. The first-order chi connectivity index (χ1) is 12.0. The van der Waals surface area contributed by atoms with Crippen molar-refractivity contribution in [1.82, 2.24) is 0 Å². The molecular weight excluding hydrogens is 318 g/mol. The van der Waals surface area contributed by atoms with E-state index in [-0.39, 0.29) is 5.78 Å². The van der Waals surface area contributed by atoms with Crippen molar-refractivity contribution in [2.45, 2.75) is 13.8 Å². The maximum absolute atomic E-state index is 12.7. The Balaban J connectivity index is 2.37. The Kier molecular flexibility index (Phi) is 6.06. The minimum atomic E-state index is -0.106. The van der Waals surface area contributed by atoms with Crippen molar-refractivity contribution in [1.29, 1.82) is 0 Å². The fourth-order valence-electron chi connectivity index (χ4n) is 2.43. The van der Waals surface area contributed by atoms with Gasteiger partial charge in [-0.25, -0.2) is 0 Å². The zero-order valence-corrected chi connectivity index (χ0v) is 15.0. The van der Waals surface area contributed by atoms with Crippen LogP contribution in [-0.4, -0.2) is 26.6 Å². The predicted octanol–water partition coefficient (Wildman–Crippen LogP) is 3.97. The molecule has 0 aromatic heterocycles. The third-order valence-electron chi connectivity index (χ3n) is 3.74. The van der Waals surface area contributed by atoms with Gasteiger partial charge in [-0.2, -0.15) is 0 Å². The second-order valence-electron chi connectivity index (χ2n) is 5.45. The first-order valence-electron chi connectivity index (χ1n) is 7.97. The number of Topliss-reactive ketones (excluding diaryl/α,β-unsaturated/α-hetero) is 1. The molecule has 132 valence electrons. The number of carbonyl (C=O) groups excluding carboxylic acids is 1. The van der Waals surface area contributed by atoms with Crippen LogP contribution < -0.4 is 19.9 Å². The molecule has 0 radical (unpaired) electrons. The second kappa shape index (κ2) is 8.24. The number of rotatable bonds is 7. The van der Waals surface area contributed by atoms with Gasteiger partial charge in [0.2, 0.25) is 0 Å². The lowest BCUT2D eigenvalue weighted by atomic mass is 10.0. The Hall–Kier alpha value is -2.95. The van der Waals surface area contributed by atoms with Crippen LogP contribution in [0.5, 0.6) is 17.2 Å². The number of ether oxygens (including phenoxy) is 3. The van der Waals surface area contributed by atoms with Gasteiger partial charge in [0.15, 0.2) is 5.78 Å². The van der Waals surface area contributed by atoms with Crippen LogP contribution in [0.2, 0.25) is 0 Å². The highest BCUT2D eigenvalue weighted by molar-refractivity contribution is 6.11. The van der Waals surface area contributed by atoms with Crippen LogP contribution in [0.4, 0.5) is 5.69 Å². The van der Waals surface area contributed by atoms with Crippen LogP contribution >= 0.6 is 0 Å². The summed E-state index contributed by atoms with van der Waals surface area (Å²) in [6.07, 6.45) is 1.78. The van der Waals surface area contributed by atoms with Crippen molar-refractivity contribution in [3.05, 3.63) is 53.1 Å². The molecule has 5 heteroatoms. The van der Waals surface area contributed by atoms with Crippen LogP contribution in [0.25, 0.3) is 6.08 Å². The molecule has 0 atom stereocenters. The van der Waals surface area contributed by atoms with E-state index in [2.05, 4.69) is 0 Å². The zero-order valence-electron chi connectivity index (χ0n) is 15.0. The van der Waals surface area contributed by atoms with Crippen LogP contribution in [0.3, 0.4) is 0 Å². The monoisotopic (exact) mass is 341 g/mol. The Labute approximate surface area is 148 Å². The van der Waals surface area contributed by atoms with E-state index in [1.54, 1.807) is 51.5 Å². The molecule has 0 fully saturated rings. The fourth-order valence-corrected chi connectivity index (χ4v) is 2.43. The number of allylic oxidation sites excluding steroid dienone is 1. The van der Waals surface area contributed by atoms with Crippen molar-refractivity contribution in [3.8, 4) is 17.2 Å². The lowest BCUT2D eigenvalue weighted by Gasteiger charge is -2.10. The van der Waals surface area contributed by atoms with Gasteiger partial charge < -0.3 is 19.9 Å². The van der Waals surface area contributed by atoms with Gasteiger partial charge in [0.1, 0.15) is 17.2 Å². The number of anilines is 1. The average molecular weight is 341 g/mol. The van der Waals surface area contributed by atoms with Gasteiger partial charge in [-0.3, -0.25) is 4.79 Å². The maximum atomic E-state index is 12.7. The van der Waals surface area contributed by atoms with Crippen molar-refractivity contribution < 1.29 is 19.0 Å². The normalized spacial score (nSPS) is 11.1. The topological polar surface area (TPSA) is 70.8 Å². The second-order valence-corrected chi connectivity index (χ2v) is 5.45. The summed E-state index contributed by atoms with van der Waals surface area (Å²) in [7, 11) is 3.18. The number of carbonyl (C=O) groups is 1. The molecule has 0 spiro atoms. The predicted molar refractivity (Wildman–Crippen MR) is 99.6 cm³/mol. The highest BCUT2D eigenvalue weighted by Gasteiger charge is 2.12. The van der Waals surface area contributed by atoms with Crippen molar-refractivity contribution in [3.63, 3.8) is 0 Å². The highest BCUT2D eigenvalue weighted by Crippen LogP contribution is 2.28. The van der Waals surface area contributed by atoms with Gasteiger partial charge in [-0.1, -0.05) is 0 Å². The minimum Gasteiger partial charge on any atom is -0.497 e. The minimum absolute atomic E-state index is 0.106. The summed E-state index contributed by atoms with van der Waals surface area (Å²) in [6, 6.07) is 10.5.